The molecule has 0 atom stereocenters. The second kappa shape index (κ2) is 5.27. The van der Waals surface area contributed by atoms with E-state index in [1.807, 2.05) is 24.4 Å². The third-order valence-electron chi connectivity index (χ3n) is 1.90. The average molecular weight is 227 g/mol. The first-order chi connectivity index (χ1) is 8.40. The quantitative estimate of drug-likeness (QED) is 0.577. The predicted octanol–water partition coefficient (Wildman–Crippen LogP) is 1.08. The smallest absolute Gasteiger partial charge is 0.220 e. The van der Waals surface area contributed by atoms with Crippen molar-refractivity contribution in [2.24, 2.45) is 0 Å². The van der Waals surface area contributed by atoms with Crippen LogP contribution < -0.4 is 0 Å². The molecule has 0 aromatic carbocycles. The van der Waals surface area contributed by atoms with Crippen LogP contribution in [0.1, 0.15) is 5.69 Å². The van der Waals surface area contributed by atoms with Gasteiger partial charge < -0.3 is 9.97 Å². The van der Waals surface area contributed by atoms with Gasteiger partial charge in [-0.3, -0.25) is 0 Å². The summed E-state index contributed by atoms with van der Waals surface area (Å²) in [5, 5.41) is 21.5. The summed E-state index contributed by atoms with van der Waals surface area (Å²) in [6.45, 7) is 0. The Balaban J connectivity index is 0.000000136. The van der Waals surface area contributed by atoms with E-state index in [-0.39, 0.29) is 0 Å². The van der Waals surface area contributed by atoms with Crippen LogP contribution in [0.5, 0.6) is 0 Å². The van der Waals surface area contributed by atoms with Crippen LogP contribution in [0.4, 0.5) is 0 Å². The number of aromatic amines is 3. The van der Waals surface area contributed by atoms with Gasteiger partial charge in [-0.2, -0.15) is 10.5 Å². The third kappa shape index (κ3) is 2.79. The number of aromatic nitrogens is 6. The van der Waals surface area contributed by atoms with Crippen molar-refractivity contribution in [2.45, 2.75) is 0 Å². The molecule has 0 fully saturated rings. The highest BCUT2D eigenvalue weighted by atomic mass is 15.5. The van der Waals surface area contributed by atoms with Crippen LogP contribution >= 0.6 is 0 Å². The van der Waals surface area contributed by atoms with E-state index in [0.29, 0.717) is 11.5 Å². The van der Waals surface area contributed by atoms with Crippen molar-refractivity contribution in [3.63, 3.8) is 0 Å². The minimum Gasteiger partial charge on any atom is -0.359 e. The highest BCUT2D eigenvalue weighted by molar-refractivity contribution is 5.46. The predicted molar refractivity (Wildman–Crippen MR) is 59.5 cm³/mol. The molecule has 0 unspecified atom stereocenters. The van der Waals surface area contributed by atoms with E-state index < -0.39 is 0 Å². The molecule has 0 amide bonds. The van der Waals surface area contributed by atoms with E-state index in [0.717, 1.165) is 5.69 Å². The molecule has 0 spiro atoms. The topological polar surface area (TPSA) is 110 Å². The van der Waals surface area contributed by atoms with Crippen LogP contribution in [0.25, 0.3) is 11.5 Å². The van der Waals surface area contributed by atoms with Gasteiger partial charge in [-0.05, 0) is 29.5 Å². The van der Waals surface area contributed by atoms with Crippen LogP contribution in [0, 0.1) is 11.3 Å². The Morgan fingerprint density at radius 2 is 1.94 bits per heavy atom. The maximum Gasteiger partial charge on any atom is 0.220 e. The molecule has 3 heterocycles. The lowest BCUT2D eigenvalue weighted by atomic mass is 10.4. The van der Waals surface area contributed by atoms with Gasteiger partial charge in [0.2, 0.25) is 5.82 Å². The first kappa shape index (κ1) is 10.6. The summed E-state index contributed by atoms with van der Waals surface area (Å²) in [5.41, 5.74) is 1.48. The van der Waals surface area contributed by atoms with Crippen molar-refractivity contribution in [1.29, 1.82) is 5.26 Å². The standard InChI is InChI=1S/C5H5N5.C5H4N2/c1-2-4(6-3-1)5-7-9-10-8-5;6-4-5-2-1-3-7-5/h1-3,6H,(H,7,8,9,10);1-3,7H. The van der Waals surface area contributed by atoms with Gasteiger partial charge >= 0.3 is 0 Å². The summed E-state index contributed by atoms with van der Waals surface area (Å²) >= 11 is 0. The van der Waals surface area contributed by atoms with Gasteiger partial charge in [0.15, 0.2) is 0 Å². The van der Waals surface area contributed by atoms with E-state index >= 15 is 0 Å². The van der Waals surface area contributed by atoms with E-state index in [4.69, 9.17) is 5.26 Å². The summed E-state index contributed by atoms with van der Waals surface area (Å²) in [4.78, 5) is 5.68. The molecule has 3 aromatic rings. The third-order valence-corrected chi connectivity index (χ3v) is 1.90. The van der Waals surface area contributed by atoms with Gasteiger partial charge in [-0.1, -0.05) is 0 Å². The highest BCUT2D eigenvalue weighted by Gasteiger charge is 1.99. The molecule has 7 nitrogen and oxygen atoms in total. The first-order valence-electron chi connectivity index (χ1n) is 4.81. The molecular weight excluding hydrogens is 218 g/mol. The van der Waals surface area contributed by atoms with Crippen molar-refractivity contribution < 1.29 is 0 Å². The van der Waals surface area contributed by atoms with Gasteiger partial charge in [-0.25, -0.2) is 0 Å². The van der Waals surface area contributed by atoms with Crippen molar-refractivity contribution in [1.82, 2.24) is 30.6 Å². The largest absolute Gasteiger partial charge is 0.359 e. The molecule has 0 aliphatic carbocycles. The van der Waals surface area contributed by atoms with Crippen LogP contribution in [0.2, 0.25) is 0 Å². The second-order valence-electron chi connectivity index (χ2n) is 3.01. The van der Waals surface area contributed by atoms with Crippen LogP contribution in [-0.2, 0) is 0 Å². The molecule has 7 heteroatoms. The normalized spacial score (nSPS) is 9.12. The van der Waals surface area contributed by atoms with E-state index in [2.05, 4.69) is 30.6 Å². The summed E-state index contributed by atoms with van der Waals surface area (Å²) in [7, 11) is 0. The Bertz CT molecular complexity index is 524. The monoisotopic (exact) mass is 227 g/mol. The lowest BCUT2D eigenvalue weighted by molar-refractivity contribution is 0.881. The fourth-order valence-electron chi connectivity index (χ4n) is 1.15. The Morgan fingerprint density at radius 3 is 2.41 bits per heavy atom. The minimum absolute atomic E-state index is 0.588. The molecule has 0 saturated carbocycles. The number of hydrogen-bond acceptors (Lipinski definition) is 4. The Kier molecular flexibility index (Phi) is 3.30. The molecule has 0 aliphatic rings. The maximum atomic E-state index is 8.15. The van der Waals surface area contributed by atoms with Gasteiger partial charge in [0.1, 0.15) is 11.8 Å². The van der Waals surface area contributed by atoms with Gasteiger partial charge in [-0.15, -0.1) is 10.2 Å². The SMILES string of the molecule is N#Cc1ccc[nH]1.c1c[nH]c(-c2nn[nH]n2)c1. The fourth-order valence-corrected chi connectivity index (χ4v) is 1.15. The molecule has 84 valence electrons. The zero-order valence-corrected chi connectivity index (χ0v) is 8.75. The van der Waals surface area contributed by atoms with E-state index in [1.165, 1.54) is 0 Å². The molecule has 0 bridgehead atoms. The minimum atomic E-state index is 0.588. The lowest BCUT2D eigenvalue weighted by Gasteiger charge is -1.81. The number of nitriles is 1. The molecule has 3 aromatic heterocycles. The molecule has 0 saturated heterocycles. The zero-order valence-electron chi connectivity index (χ0n) is 8.75. The van der Waals surface area contributed by atoms with Gasteiger partial charge in [0, 0.05) is 12.4 Å². The fraction of sp³-hybridized carbons (Fsp3) is 0. The maximum absolute atomic E-state index is 8.15. The Morgan fingerprint density at radius 1 is 1.12 bits per heavy atom. The van der Waals surface area contributed by atoms with E-state index in [9.17, 15) is 0 Å². The van der Waals surface area contributed by atoms with Crippen molar-refractivity contribution in [2.75, 3.05) is 0 Å². The number of hydrogen-bond donors (Lipinski definition) is 3. The lowest BCUT2D eigenvalue weighted by Crippen LogP contribution is -1.78. The van der Waals surface area contributed by atoms with Crippen LogP contribution in [0.3, 0.4) is 0 Å². The van der Waals surface area contributed by atoms with Crippen LogP contribution in [-0.4, -0.2) is 30.6 Å². The molecule has 17 heavy (non-hydrogen) atoms. The number of H-pyrrole nitrogens is 3. The molecular formula is C10H9N7. The molecule has 3 rings (SSSR count). The average Bonchev–Trinajstić information content (AvgIpc) is 3.12. The number of nitrogens with zero attached hydrogens (tertiary/aromatic N) is 4. The molecule has 0 aliphatic heterocycles. The molecule has 3 N–H and O–H groups in total. The number of tetrazole rings is 1. The summed E-state index contributed by atoms with van der Waals surface area (Å²) in [6.07, 6.45) is 3.53. The Labute approximate surface area is 96.5 Å². The van der Waals surface area contributed by atoms with Gasteiger partial charge in [0.25, 0.3) is 0 Å². The zero-order chi connectivity index (χ0) is 11.9. The summed E-state index contributed by atoms with van der Waals surface area (Å²) in [6, 6.07) is 9.22. The Hall–Kier alpha value is -2.88. The first-order valence-corrected chi connectivity index (χ1v) is 4.81. The van der Waals surface area contributed by atoms with Crippen LogP contribution in [0.15, 0.2) is 36.7 Å². The van der Waals surface area contributed by atoms with Crippen molar-refractivity contribution in [3.05, 3.63) is 42.4 Å². The summed E-state index contributed by atoms with van der Waals surface area (Å²) < 4.78 is 0. The molecule has 0 radical (unpaired) electrons. The van der Waals surface area contributed by atoms with Gasteiger partial charge in [0.05, 0.1) is 5.69 Å². The van der Waals surface area contributed by atoms with Crippen molar-refractivity contribution in [3.8, 4) is 17.6 Å². The highest BCUT2D eigenvalue weighted by Crippen LogP contribution is 2.07. The van der Waals surface area contributed by atoms with Crippen molar-refractivity contribution >= 4 is 0 Å². The summed E-state index contributed by atoms with van der Waals surface area (Å²) in [5.74, 6) is 0.588. The number of rotatable bonds is 1. The van der Waals surface area contributed by atoms with E-state index in [1.54, 1.807) is 18.3 Å². The number of nitrogens with one attached hydrogen (secondary N) is 3. The second-order valence-corrected chi connectivity index (χ2v) is 3.01.